The van der Waals surface area contributed by atoms with Crippen molar-refractivity contribution >= 4 is 29.3 Å². The Hall–Kier alpha value is -1.50. The molecule has 1 saturated heterocycles. The summed E-state index contributed by atoms with van der Waals surface area (Å²) in [5, 5.41) is 10.6. The molecule has 1 aromatic heterocycles. The number of alkyl halides is 1. The van der Waals surface area contributed by atoms with Gasteiger partial charge in [0.25, 0.3) is 0 Å². The Balaban J connectivity index is 2.37. The molecule has 2 heterocycles. The zero-order valence-corrected chi connectivity index (χ0v) is 20.3. The number of hydrogen-bond donors (Lipinski definition) is 6. The highest BCUT2D eigenvalue weighted by molar-refractivity contribution is 7.66. The van der Waals surface area contributed by atoms with Crippen molar-refractivity contribution in [3.8, 4) is 11.8 Å². The molecular weight excluding hydrogens is 530 g/mol. The number of anilines is 1. The molecule has 1 fully saturated rings. The van der Waals surface area contributed by atoms with Gasteiger partial charge in [-0.25, -0.2) is 22.9 Å². The van der Waals surface area contributed by atoms with Gasteiger partial charge in [0.15, 0.2) is 6.23 Å². The van der Waals surface area contributed by atoms with E-state index in [1.807, 2.05) is 0 Å². The largest absolute Gasteiger partial charge is 0.490 e. The summed E-state index contributed by atoms with van der Waals surface area (Å²) in [6, 6.07) is 1.21. The normalized spacial score (nSPS) is 29.5. The van der Waals surface area contributed by atoms with Crippen LogP contribution in [0.15, 0.2) is 10.9 Å². The van der Waals surface area contributed by atoms with Gasteiger partial charge in [-0.15, -0.1) is 5.92 Å². The molecule has 1 aliphatic rings. The van der Waals surface area contributed by atoms with Crippen LogP contribution in [0.25, 0.3) is 0 Å². The van der Waals surface area contributed by atoms with Crippen molar-refractivity contribution in [3.05, 3.63) is 22.2 Å². The van der Waals surface area contributed by atoms with Gasteiger partial charge in [-0.05, 0) is 26.8 Å². The number of aryl methyl sites for hydroxylation is 1. The molecule has 20 heteroatoms. The standard InChI is InChI=1S/C14H21FN3O13P3/c1-4-5-14(15)11(19)10(28-12(14)18-7(2)6-9(16)17-13(18)20)8(3)29-33(24,25)31-34(26,27)30-32(21,22)23/h6,8,10-12,19H,1-3H3,(H,24,25)(H,26,27)(H2,16,17,20)(H2,21,22,23)/t8-,10+,11?,12+,14?/m0/s1. The van der Waals surface area contributed by atoms with E-state index in [-0.39, 0.29) is 11.5 Å². The van der Waals surface area contributed by atoms with Crippen LogP contribution in [-0.4, -0.2) is 58.2 Å². The number of ether oxygens (including phenoxy) is 1. The number of phosphoric acid groups is 3. The van der Waals surface area contributed by atoms with E-state index < -0.39 is 59.4 Å². The van der Waals surface area contributed by atoms with Crippen molar-refractivity contribution in [2.45, 2.75) is 51.0 Å². The van der Waals surface area contributed by atoms with Gasteiger partial charge in [0, 0.05) is 5.69 Å². The number of phosphoric ester groups is 1. The molecule has 0 aromatic carbocycles. The second kappa shape index (κ2) is 9.87. The van der Waals surface area contributed by atoms with Crippen molar-refractivity contribution in [1.82, 2.24) is 9.55 Å². The molecule has 7 atom stereocenters. The Labute approximate surface area is 190 Å². The van der Waals surface area contributed by atoms with E-state index in [9.17, 15) is 33.4 Å². The van der Waals surface area contributed by atoms with E-state index in [1.165, 1.54) is 19.9 Å². The fourth-order valence-corrected chi connectivity index (χ4v) is 6.34. The minimum Gasteiger partial charge on any atom is -0.386 e. The zero-order chi connectivity index (χ0) is 26.3. The van der Waals surface area contributed by atoms with E-state index >= 15 is 4.39 Å². The highest BCUT2D eigenvalue weighted by Crippen LogP contribution is 2.66. The second-order valence-corrected chi connectivity index (χ2v) is 11.3. The monoisotopic (exact) mass is 551 g/mol. The van der Waals surface area contributed by atoms with Crippen LogP contribution in [0, 0.1) is 18.8 Å². The molecule has 0 aliphatic carbocycles. The van der Waals surface area contributed by atoms with Crippen molar-refractivity contribution in [1.29, 1.82) is 0 Å². The Morgan fingerprint density at radius 1 is 1.26 bits per heavy atom. The maximum absolute atomic E-state index is 15.8. The third kappa shape index (κ3) is 6.58. The van der Waals surface area contributed by atoms with E-state index in [4.69, 9.17) is 20.3 Å². The molecule has 0 spiro atoms. The molecule has 4 unspecified atom stereocenters. The lowest BCUT2D eigenvalue weighted by atomic mass is 9.94. The number of rotatable bonds is 8. The molecule has 0 amide bonds. The number of nitrogen functional groups attached to an aromatic ring is 1. The van der Waals surface area contributed by atoms with Gasteiger partial charge in [0.2, 0.25) is 5.67 Å². The van der Waals surface area contributed by atoms with E-state index in [0.717, 1.165) is 6.92 Å². The predicted octanol–water partition coefficient (Wildman–Crippen LogP) is -0.144. The first-order valence-electron chi connectivity index (χ1n) is 8.96. The van der Waals surface area contributed by atoms with Crippen LogP contribution in [0.5, 0.6) is 0 Å². The summed E-state index contributed by atoms with van der Waals surface area (Å²) >= 11 is 0. The van der Waals surface area contributed by atoms with Gasteiger partial charge in [0.05, 0.1) is 6.10 Å². The molecule has 16 nitrogen and oxygen atoms in total. The highest BCUT2D eigenvalue weighted by atomic mass is 31.3. The molecule has 0 radical (unpaired) electrons. The number of nitrogens with two attached hydrogens (primary N) is 1. The number of hydrogen-bond acceptors (Lipinski definition) is 11. The summed E-state index contributed by atoms with van der Waals surface area (Å²) in [5.74, 6) is 4.14. The molecule has 7 N–H and O–H groups in total. The number of halogens is 1. The average molecular weight is 551 g/mol. The molecule has 2 rings (SSSR count). The third-order valence-electron chi connectivity index (χ3n) is 4.28. The first kappa shape index (κ1) is 28.7. The van der Waals surface area contributed by atoms with Crippen LogP contribution >= 0.6 is 23.5 Å². The van der Waals surface area contributed by atoms with Gasteiger partial charge in [0.1, 0.15) is 18.0 Å². The molecule has 0 bridgehead atoms. The Kier molecular flexibility index (Phi) is 8.34. The maximum atomic E-state index is 15.8. The van der Waals surface area contributed by atoms with Gasteiger partial charge in [-0.2, -0.15) is 13.6 Å². The lowest BCUT2D eigenvalue weighted by Crippen LogP contribution is -2.46. The topological polar surface area (TPSA) is 250 Å². The van der Waals surface area contributed by atoms with E-state index in [2.05, 4.69) is 30.0 Å². The molecule has 192 valence electrons. The van der Waals surface area contributed by atoms with Gasteiger partial charge >= 0.3 is 29.2 Å². The SMILES string of the molecule is CC#CC1(F)C(O)[C@@H]([C@H](C)OP(=O)(O)OP(=O)(O)OP(=O)(O)O)O[C@H]1n1c(C)cc(N)nc1=O. The van der Waals surface area contributed by atoms with E-state index in [0.29, 0.717) is 4.57 Å². The van der Waals surface area contributed by atoms with Crippen LogP contribution in [0.4, 0.5) is 10.2 Å². The minimum absolute atomic E-state index is 0.0656. The Morgan fingerprint density at radius 2 is 1.85 bits per heavy atom. The molecule has 1 aromatic rings. The lowest BCUT2D eigenvalue weighted by molar-refractivity contribution is -0.0786. The van der Waals surface area contributed by atoms with Crippen LogP contribution < -0.4 is 11.4 Å². The zero-order valence-electron chi connectivity index (χ0n) is 17.6. The first-order valence-corrected chi connectivity index (χ1v) is 13.5. The number of aliphatic hydroxyl groups excluding tert-OH is 1. The van der Waals surface area contributed by atoms with Crippen molar-refractivity contribution in [2.75, 3.05) is 5.73 Å². The van der Waals surface area contributed by atoms with Gasteiger partial charge in [-0.1, -0.05) is 5.92 Å². The summed E-state index contributed by atoms with van der Waals surface area (Å²) in [6.45, 7) is 3.55. The van der Waals surface area contributed by atoms with Gasteiger partial charge in [-0.3, -0.25) is 9.09 Å². The lowest BCUT2D eigenvalue weighted by Gasteiger charge is -2.26. The number of nitrogens with zero attached hydrogens (tertiary/aromatic N) is 2. The third-order valence-corrected chi connectivity index (χ3v) is 8.21. The fourth-order valence-electron chi connectivity index (χ4n) is 3.14. The van der Waals surface area contributed by atoms with Crippen molar-refractivity contribution in [3.63, 3.8) is 0 Å². The van der Waals surface area contributed by atoms with Crippen LogP contribution in [0.1, 0.15) is 25.8 Å². The van der Waals surface area contributed by atoms with Crippen molar-refractivity contribution < 1.29 is 60.6 Å². The number of aromatic nitrogens is 2. The maximum Gasteiger partial charge on any atom is 0.490 e. The van der Waals surface area contributed by atoms with Crippen LogP contribution in [0.2, 0.25) is 0 Å². The van der Waals surface area contributed by atoms with Crippen LogP contribution in [-0.2, 0) is 31.6 Å². The summed E-state index contributed by atoms with van der Waals surface area (Å²) in [4.78, 5) is 51.9. The molecule has 34 heavy (non-hydrogen) atoms. The quantitative estimate of drug-likeness (QED) is 0.182. The highest BCUT2D eigenvalue weighted by Gasteiger charge is 2.60. The number of aliphatic hydroxyl groups is 1. The fraction of sp³-hybridized carbons (Fsp3) is 0.571. The average Bonchev–Trinajstić information content (AvgIpc) is 2.83. The van der Waals surface area contributed by atoms with Gasteiger partial charge < -0.3 is 35.2 Å². The minimum atomic E-state index is -5.82. The second-order valence-electron chi connectivity index (χ2n) is 6.92. The van der Waals surface area contributed by atoms with E-state index in [1.54, 1.807) is 0 Å². The summed E-state index contributed by atoms with van der Waals surface area (Å²) in [5.41, 5.74) is 1.52. The summed E-state index contributed by atoms with van der Waals surface area (Å²) < 4.78 is 68.0. The van der Waals surface area contributed by atoms with Crippen LogP contribution in [0.3, 0.4) is 0 Å². The van der Waals surface area contributed by atoms with Crippen molar-refractivity contribution in [2.24, 2.45) is 0 Å². The Bertz CT molecular complexity index is 1210. The molecule has 0 saturated carbocycles. The Morgan fingerprint density at radius 3 is 2.35 bits per heavy atom. The predicted molar refractivity (Wildman–Crippen MR) is 109 cm³/mol. The molecular formula is C14H21FN3O13P3. The summed E-state index contributed by atoms with van der Waals surface area (Å²) in [6.07, 6.45) is -7.77. The summed E-state index contributed by atoms with van der Waals surface area (Å²) in [7, 11) is -17.1. The smallest absolute Gasteiger partial charge is 0.386 e. The first-order chi connectivity index (χ1) is 15.3. The molecule has 1 aliphatic heterocycles.